The number of hydrogen-bond donors (Lipinski definition) is 0. The highest BCUT2D eigenvalue weighted by Gasteiger charge is 2.29. The van der Waals surface area contributed by atoms with E-state index in [-0.39, 0.29) is 25.0 Å². The first-order valence-corrected chi connectivity index (χ1v) is 10.9. The maximum atomic E-state index is 12.1. The Balaban J connectivity index is 2.22. The number of carbonyl (C=O) groups excluding carboxylic acids is 3. The van der Waals surface area contributed by atoms with Gasteiger partial charge in [-0.1, -0.05) is 12.8 Å². The van der Waals surface area contributed by atoms with Crippen molar-refractivity contribution in [2.75, 3.05) is 13.2 Å². The summed E-state index contributed by atoms with van der Waals surface area (Å²) in [4.78, 5) is 36.8. The van der Waals surface area contributed by atoms with Gasteiger partial charge in [-0.3, -0.25) is 14.4 Å². The van der Waals surface area contributed by atoms with E-state index in [1.165, 1.54) is 20.8 Å². The van der Waals surface area contributed by atoms with Crippen molar-refractivity contribution in [2.45, 2.75) is 84.8 Å². The fraction of sp³-hybridized carbons (Fsp3) is 0.625. The van der Waals surface area contributed by atoms with Crippen LogP contribution in [-0.2, 0) is 19.1 Å². The van der Waals surface area contributed by atoms with Crippen LogP contribution in [0.4, 0.5) is 0 Å². The van der Waals surface area contributed by atoms with Crippen LogP contribution >= 0.6 is 0 Å². The van der Waals surface area contributed by atoms with Crippen LogP contribution in [0.25, 0.3) is 0 Å². The molecule has 1 amide bonds. The van der Waals surface area contributed by atoms with Gasteiger partial charge in [-0.15, -0.1) is 0 Å². The van der Waals surface area contributed by atoms with Crippen LogP contribution in [0.1, 0.15) is 78.7 Å². The second kappa shape index (κ2) is 10.6. The zero-order valence-corrected chi connectivity index (χ0v) is 19.5. The summed E-state index contributed by atoms with van der Waals surface area (Å²) in [5, 5.41) is 0. The Morgan fingerprint density at radius 3 is 2.23 bits per heavy atom. The van der Waals surface area contributed by atoms with Gasteiger partial charge in [0.25, 0.3) is 0 Å². The van der Waals surface area contributed by atoms with Gasteiger partial charge in [0.15, 0.2) is 6.10 Å². The number of rotatable bonds is 8. The molecule has 7 heteroatoms. The average molecular weight is 434 g/mol. The number of ether oxygens (including phenoxy) is 3. The minimum atomic E-state index is -0.606. The Kier molecular flexibility index (Phi) is 8.48. The van der Waals surface area contributed by atoms with Gasteiger partial charge in [0, 0.05) is 31.9 Å². The molecule has 0 N–H and O–H groups in total. The summed E-state index contributed by atoms with van der Waals surface area (Å²) in [7, 11) is 0. The van der Waals surface area contributed by atoms with E-state index < -0.39 is 17.6 Å². The number of benzene rings is 1. The van der Waals surface area contributed by atoms with Gasteiger partial charge in [0.2, 0.25) is 5.91 Å². The predicted molar refractivity (Wildman–Crippen MR) is 117 cm³/mol. The van der Waals surface area contributed by atoms with Crippen molar-refractivity contribution < 1.29 is 28.6 Å². The van der Waals surface area contributed by atoms with Crippen LogP contribution in [0.5, 0.6) is 11.5 Å². The normalized spacial score (nSPS) is 15.3. The summed E-state index contributed by atoms with van der Waals surface area (Å²) in [6, 6.07) is 5.36. The number of hydrogen-bond acceptors (Lipinski definition) is 6. The largest absolute Gasteiger partial charge is 0.489 e. The molecule has 0 heterocycles. The highest BCUT2D eigenvalue weighted by atomic mass is 16.6. The molecule has 0 aliphatic heterocycles. The van der Waals surface area contributed by atoms with E-state index in [2.05, 4.69) is 0 Å². The minimum Gasteiger partial charge on any atom is -0.489 e. The lowest BCUT2D eigenvalue weighted by atomic mass is 9.96. The lowest BCUT2D eigenvalue weighted by Crippen LogP contribution is -2.50. The maximum absolute atomic E-state index is 12.1. The molecule has 1 atom stereocenters. The highest BCUT2D eigenvalue weighted by molar-refractivity contribution is 5.74. The van der Waals surface area contributed by atoms with Crippen molar-refractivity contribution in [1.82, 2.24) is 4.90 Å². The lowest BCUT2D eigenvalue weighted by molar-refractivity contribution is -0.153. The van der Waals surface area contributed by atoms with Crippen molar-refractivity contribution in [1.29, 1.82) is 0 Å². The maximum Gasteiger partial charge on any atom is 0.308 e. The fourth-order valence-electron chi connectivity index (χ4n) is 4.06. The molecule has 7 nitrogen and oxygen atoms in total. The quantitative estimate of drug-likeness (QED) is 0.451. The SMILES string of the molecule is CC(=O)Oc1ccc(OCC(CN(C(C)=O)C(C)(C)C)OC(C)=O)c(C2CCCC2)c1. The molecule has 1 aromatic carbocycles. The third kappa shape index (κ3) is 7.56. The van der Waals surface area contributed by atoms with Gasteiger partial charge >= 0.3 is 11.9 Å². The number of amides is 1. The molecule has 31 heavy (non-hydrogen) atoms. The molecule has 0 bridgehead atoms. The van der Waals surface area contributed by atoms with Crippen LogP contribution in [-0.4, -0.2) is 47.5 Å². The molecule has 1 unspecified atom stereocenters. The Morgan fingerprint density at radius 2 is 1.71 bits per heavy atom. The summed E-state index contributed by atoms with van der Waals surface area (Å²) in [5.41, 5.74) is 0.585. The van der Waals surface area contributed by atoms with Crippen molar-refractivity contribution in [2.24, 2.45) is 0 Å². The molecule has 0 aromatic heterocycles. The molecule has 0 spiro atoms. The second-order valence-electron chi connectivity index (χ2n) is 9.12. The van der Waals surface area contributed by atoms with Gasteiger partial charge in [-0.25, -0.2) is 0 Å². The molecule has 1 saturated carbocycles. The van der Waals surface area contributed by atoms with Crippen molar-refractivity contribution in [3.05, 3.63) is 23.8 Å². The number of carbonyl (C=O) groups is 3. The Labute approximate surface area is 185 Å². The zero-order valence-electron chi connectivity index (χ0n) is 19.5. The van der Waals surface area contributed by atoms with Crippen molar-refractivity contribution in [3.8, 4) is 11.5 Å². The second-order valence-corrected chi connectivity index (χ2v) is 9.12. The van der Waals surface area contributed by atoms with Crippen LogP contribution in [0.15, 0.2) is 18.2 Å². The molecular formula is C24H35NO6. The van der Waals surface area contributed by atoms with Gasteiger partial charge in [0.1, 0.15) is 18.1 Å². The monoisotopic (exact) mass is 433 g/mol. The van der Waals surface area contributed by atoms with E-state index in [9.17, 15) is 14.4 Å². The molecule has 2 rings (SSSR count). The van der Waals surface area contributed by atoms with E-state index in [1.807, 2.05) is 26.8 Å². The third-order valence-electron chi connectivity index (χ3n) is 5.37. The smallest absolute Gasteiger partial charge is 0.308 e. The summed E-state index contributed by atoms with van der Waals surface area (Å²) >= 11 is 0. The topological polar surface area (TPSA) is 82.1 Å². The van der Waals surface area contributed by atoms with E-state index in [1.54, 1.807) is 17.0 Å². The molecule has 1 aliphatic carbocycles. The number of esters is 2. The predicted octanol–water partition coefficient (Wildman–Crippen LogP) is 4.23. The van der Waals surface area contributed by atoms with Crippen LogP contribution < -0.4 is 9.47 Å². The molecule has 1 aromatic rings. The van der Waals surface area contributed by atoms with Crippen molar-refractivity contribution >= 4 is 17.8 Å². The summed E-state index contributed by atoms with van der Waals surface area (Å²) in [5.74, 6) is 0.626. The van der Waals surface area contributed by atoms with E-state index in [0.29, 0.717) is 17.4 Å². The minimum absolute atomic E-state index is 0.0953. The average Bonchev–Trinajstić information content (AvgIpc) is 3.16. The van der Waals surface area contributed by atoms with Crippen LogP contribution in [0.3, 0.4) is 0 Å². The van der Waals surface area contributed by atoms with E-state index in [0.717, 1.165) is 31.2 Å². The zero-order chi connectivity index (χ0) is 23.2. The highest BCUT2D eigenvalue weighted by Crippen LogP contribution is 2.40. The van der Waals surface area contributed by atoms with Crippen LogP contribution in [0, 0.1) is 0 Å². The Bertz CT molecular complexity index is 792. The summed E-state index contributed by atoms with van der Waals surface area (Å²) < 4.78 is 16.8. The van der Waals surface area contributed by atoms with Crippen molar-refractivity contribution in [3.63, 3.8) is 0 Å². The van der Waals surface area contributed by atoms with Gasteiger partial charge in [-0.05, 0) is 57.7 Å². The van der Waals surface area contributed by atoms with Gasteiger partial charge < -0.3 is 19.1 Å². The summed E-state index contributed by atoms with van der Waals surface area (Å²) in [6.45, 7) is 10.4. The standard InChI is InChI=1S/C24H35NO6/c1-16(26)25(24(4,5)6)14-21(31-18(3)28)15-29-23-12-11-20(30-17(2)27)13-22(23)19-9-7-8-10-19/h11-13,19,21H,7-10,14-15H2,1-6H3. The molecular weight excluding hydrogens is 398 g/mol. The molecule has 0 saturated heterocycles. The fourth-order valence-corrected chi connectivity index (χ4v) is 4.06. The molecule has 1 aliphatic rings. The first-order valence-electron chi connectivity index (χ1n) is 10.9. The first kappa shape index (κ1) is 24.7. The molecule has 172 valence electrons. The first-order chi connectivity index (χ1) is 14.5. The van der Waals surface area contributed by atoms with E-state index in [4.69, 9.17) is 14.2 Å². The Morgan fingerprint density at radius 1 is 1.06 bits per heavy atom. The number of nitrogens with zero attached hydrogens (tertiary/aromatic N) is 1. The van der Waals surface area contributed by atoms with Gasteiger partial charge in [0.05, 0.1) is 6.54 Å². The Hall–Kier alpha value is -2.57. The third-order valence-corrected chi connectivity index (χ3v) is 5.37. The van der Waals surface area contributed by atoms with Crippen LogP contribution in [0.2, 0.25) is 0 Å². The molecule has 1 fully saturated rings. The van der Waals surface area contributed by atoms with E-state index >= 15 is 0 Å². The molecule has 0 radical (unpaired) electrons. The summed E-state index contributed by atoms with van der Waals surface area (Å²) in [6.07, 6.45) is 3.80. The lowest BCUT2D eigenvalue weighted by Gasteiger charge is -2.37. The van der Waals surface area contributed by atoms with Gasteiger partial charge in [-0.2, -0.15) is 0 Å².